The van der Waals surface area contributed by atoms with Crippen molar-refractivity contribution in [2.75, 3.05) is 26.3 Å². The molecule has 0 saturated carbocycles. The molecule has 2 rings (SSSR count). The van der Waals surface area contributed by atoms with Crippen molar-refractivity contribution in [2.24, 2.45) is 5.73 Å². The molecule has 0 aliphatic carbocycles. The maximum absolute atomic E-state index is 5.90. The normalized spacial score (nSPS) is 23.8. The zero-order chi connectivity index (χ0) is 14.4. The molecule has 0 spiro atoms. The fraction of sp³-hybridized carbons (Fsp3) is 0.625. The Kier molecular flexibility index (Phi) is 5.83. The molecule has 1 aliphatic rings. The van der Waals surface area contributed by atoms with Crippen LogP contribution in [0, 0.1) is 0 Å². The van der Waals surface area contributed by atoms with Crippen LogP contribution in [-0.2, 0) is 11.3 Å². The first-order valence-electron chi connectivity index (χ1n) is 7.51. The molecule has 4 nitrogen and oxygen atoms in total. The molecule has 2 N–H and O–H groups in total. The first-order chi connectivity index (χ1) is 9.74. The van der Waals surface area contributed by atoms with E-state index in [1.54, 1.807) is 0 Å². The van der Waals surface area contributed by atoms with Crippen LogP contribution < -0.4 is 10.5 Å². The van der Waals surface area contributed by atoms with Gasteiger partial charge in [0.15, 0.2) is 0 Å². The van der Waals surface area contributed by atoms with Gasteiger partial charge in [0.1, 0.15) is 12.4 Å². The number of hydrogen-bond acceptors (Lipinski definition) is 4. The Labute approximate surface area is 121 Å². The molecule has 112 valence electrons. The number of ether oxygens (including phenoxy) is 2. The van der Waals surface area contributed by atoms with Crippen LogP contribution in [0.15, 0.2) is 24.3 Å². The summed E-state index contributed by atoms with van der Waals surface area (Å²) in [5.74, 6) is 0.907. The van der Waals surface area contributed by atoms with Gasteiger partial charge in [0.25, 0.3) is 0 Å². The smallest absolute Gasteiger partial charge is 0.123 e. The van der Waals surface area contributed by atoms with E-state index in [1.807, 2.05) is 24.3 Å². The highest BCUT2D eigenvalue weighted by Crippen LogP contribution is 2.18. The van der Waals surface area contributed by atoms with E-state index in [9.17, 15) is 0 Å². The maximum atomic E-state index is 5.90. The van der Waals surface area contributed by atoms with Crippen molar-refractivity contribution in [3.63, 3.8) is 0 Å². The lowest BCUT2D eigenvalue weighted by molar-refractivity contribution is -0.0586. The average molecular weight is 278 g/mol. The molecule has 1 aromatic carbocycles. The van der Waals surface area contributed by atoms with Crippen molar-refractivity contribution in [3.8, 4) is 5.75 Å². The Balaban J connectivity index is 1.85. The van der Waals surface area contributed by atoms with Gasteiger partial charge in [-0.25, -0.2) is 0 Å². The van der Waals surface area contributed by atoms with Crippen molar-refractivity contribution in [2.45, 2.75) is 39.0 Å². The van der Waals surface area contributed by atoms with Crippen molar-refractivity contribution < 1.29 is 9.47 Å². The molecular formula is C16H26N2O2. The Morgan fingerprint density at radius 2 is 2.20 bits per heavy atom. The number of morpholine rings is 1. The zero-order valence-corrected chi connectivity index (χ0v) is 12.5. The van der Waals surface area contributed by atoms with E-state index in [4.69, 9.17) is 15.2 Å². The van der Waals surface area contributed by atoms with Gasteiger partial charge in [0.05, 0.1) is 12.7 Å². The van der Waals surface area contributed by atoms with E-state index >= 15 is 0 Å². The quantitative estimate of drug-likeness (QED) is 0.865. The first kappa shape index (κ1) is 15.3. The van der Waals surface area contributed by atoms with Crippen molar-refractivity contribution in [1.29, 1.82) is 0 Å². The fourth-order valence-electron chi connectivity index (χ4n) is 2.65. The standard InChI is InChI=1S/C16H26N2O2/c1-3-15-12-20-13(2)11-18(15)8-9-19-16-7-5-4-6-14(16)10-17/h4-7,13,15H,3,8-12,17H2,1-2H3. The lowest BCUT2D eigenvalue weighted by Crippen LogP contribution is -2.49. The first-order valence-corrected chi connectivity index (χ1v) is 7.51. The second-order valence-corrected chi connectivity index (χ2v) is 5.36. The Morgan fingerprint density at radius 1 is 1.40 bits per heavy atom. The van der Waals surface area contributed by atoms with E-state index in [-0.39, 0.29) is 0 Å². The highest BCUT2D eigenvalue weighted by atomic mass is 16.5. The summed E-state index contributed by atoms with van der Waals surface area (Å²) in [6.07, 6.45) is 1.43. The predicted octanol–water partition coefficient (Wildman–Crippen LogP) is 2.02. The van der Waals surface area contributed by atoms with Gasteiger partial charge in [-0.3, -0.25) is 4.90 Å². The fourth-order valence-corrected chi connectivity index (χ4v) is 2.65. The number of rotatable bonds is 6. The van der Waals surface area contributed by atoms with Gasteiger partial charge in [-0.15, -0.1) is 0 Å². The molecule has 1 fully saturated rings. The van der Waals surface area contributed by atoms with Crippen LogP contribution in [0.4, 0.5) is 0 Å². The minimum atomic E-state index is 0.314. The number of para-hydroxylation sites is 1. The van der Waals surface area contributed by atoms with E-state index in [0.717, 1.165) is 37.4 Å². The molecule has 1 saturated heterocycles. The van der Waals surface area contributed by atoms with Crippen LogP contribution in [0.2, 0.25) is 0 Å². The largest absolute Gasteiger partial charge is 0.492 e. The zero-order valence-electron chi connectivity index (χ0n) is 12.5. The molecule has 4 heteroatoms. The third-order valence-electron chi connectivity index (χ3n) is 3.88. The summed E-state index contributed by atoms with van der Waals surface area (Å²) in [6, 6.07) is 8.49. The number of nitrogens with two attached hydrogens (primary N) is 1. The second-order valence-electron chi connectivity index (χ2n) is 5.36. The highest BCUT2D eigenvalue weighted by molar-refractivity contribution is 5.32. The number of benzene rings is 1. The van der Waals surface area contributed by atoms with Crippen molar-refractivity contribution >= 4 is 0 Å². The third kappa shape index (κ3) is 3.95. The van der Waals surface area contributed by atoms with Crippen LogP contribution in [0.1, 0.15) is 25.8 Å². The summed E-state index contributed by atoms with van der Waals surface area (Å²) in [6.45, 7) is 8.30. The van der Waals surface area contributed by atoms with Crippen LogP contribution >= 0.6 is 0 Å². The molecular weight excluding hydrogens is 252 g/mol. The highest BCUT2D eigenvalue weighted by Gasteiger charge is 2.25. The third-order valence-corrected chi connectivity index (χ3v) is 3.88. The number of nitrogens with zero attached hydrogens (tertiary/aromatic N) is 1. The molecule has 0 amide bonds. The van der Waals surface area contributed by atoms with Gasteiger partial charge in [-0.2, -0.15) is 0 Å². The summed E-state index contributed by atoms with van der Waals surface area (Å²) in [5.41, 5.74) is 6.78. The van der Waals surface area contributed by atoms with Gasteiger partial charge >= 0.3 is 0 Å². The molecule has 0 radical (unpaired) electrons. The van der Waals surface area contributed by atoms with Crippen molar-refractivity contribution in [1.82, 2.24) is 4.90 Å². The summed E-state index contributed by atoms with van der Waals surface area (Å²) in [7, 11) is 0. The van der Waals surface area contributed by atoms with Gasteiger partial charge in [0.2, 0.25) is 0 Å². The predicted molar refractivity (Wildman–Crippen MR) is 80.9 cm³/mol. The molecule has 1 aromatic rings. The minimum Gasteiger partial charge on any atom is -0.492 e. The summed E-state index contributed by atoms with van der Waals surface area (Å²) >= 11 is 0. The molecule has 20 heavy (non-hydrogen) atoms. The van der Waals surface area contributed by atoms with Gasteiger partial charge < -0.3 is 15.2 Å². The Bertz CT molecular complexity index is 411. The Hall–Kier alpha value is -1.10. The second kappa shape index (κ2) is 7.62. The molecule has 1 aliphatic heterocycles. The number of hydrogen-bond donors (Lipinski definition) is 1. The van der Waals surface area contributed by atoms with E-state index in [1.165, 1.54) is 0 Å². The van der Waals surface area contributed by atoms with Crippen molar-refractivity contribution in [3.05, 3.63) is 29.8 Å². The lowest BCUT2D eigenvalue weighted by atomic mass is 10.1. The molecule has 1 heterocycles. The molecule has 2 atom stereocenters. The van der Waals surface area contributed by atoms with Crippen LogP contribution in [0.3, 0.4) is 0 Å². The SMILES string of the molecule is CCC1COC(C)CN1CCOc1ccccc1CN. The monoisotopic (exact) mass is 278 g/mol. The lowest BCUT2D eigenvalue weighted by Gasteiger charge is -2.38. The summed E-state index contributed by atoms with van der Waals surface area (Å²) < 4.78 is 11.6. The Morgan fingerprint density at radius 3 is 2.95 bits per heavy atom. The summed E-state index contributed by atoms with van der Waals surface area (Å²) in [5, 5.41) is 0. The summed E-state index contributed by atoms with van der Waals surface area (Å²) in [4.78, 5) is 2.47. The molecule has 2 unspecified atom stereocenters. The topological polar surface area (TPSA) is 47.7 Å². The van der Waals surface area contributed by atoms with E-state index in [0.29, 0.717) is 25.3 Å². The van der Waals surface area contributed by atoms with Gasteiger partial charge in [-0.05, 0) is 19.4 Å². The maximum Gasteiger partial charge on any atom is 0.123 e. The average Bonchev–Trinajstić information content (AvgIpc) is 2.48. The van der Waals surface area contributed by atoms with Crippen LogP contribution in [0.5, 0.6) is 5.75 Å². The van der Waals surface area contributed by atoms with Crippen LogP contribution in [-0.4, -0.2) is 43.3 Å². The van der Waals surface area contributed by atoms with Gasteiger partial charge in [0, 0.05) is 31.2 Å². The molecule has 0 aromatic heterocycles. The van der Waals surface area contributed by atoms with Gasteiger partial charge in [-0.1, -0.05) is 25.1 Å². The minimum absolute atomic E-state index is 0.314. The van der Waals surface area contributed by atoms with Crippen LogP contribution in [0.25, 0.3) is 0 Å². The molecule has 0 bridgehead atoms. The van der Waals surface area contributed by atoms with E-state index in [2.05, 4.69) is 18.7 Å². The van der Waals surface area contributed by atoms with E-state index < -0.39 is 0 Å².